The zero-order chi connectivity index (χ0) is 15.5. The second-order valence-electron chi connectivity index (χ2n) is 5.42. The van der Waals surface area contributed by atoms with Crippen molar-refractivity contribution in [2.45, 2.75) is 25.7 Å². The van der Waals surface area contributed by atoms with Crippen LogP contribution in [0.3, 0.4) is 0 Å². The number of rotatable bonds is 5. The molecular formula is C15H18N2O4. The Morgan fingerprint density at radius 1 is 1.19 bits per heavy atom. The highest BCUT2D eigenvalue weighted by molar-refractivity contribution is 5.97. The molecule has 6 heteroatoms. The summed E-state index contributed by atoms with van der Waals surface area (Å²) in [5.41, 5.74) is 5.09. The van der Waals surface area contributed by atoms with Gasteiger partial charge in [-0.1, -0.05) is 18.9 Å². The number of hydrogen-bond donors (Lipinski definition) is 3. The summed E-state index contributed by atoms with van der Waals surface area (Å²) in [6.45, 7) is 0.193. The number of carboxylic acid groups (broad SMARTS) is 1. The molecule has 1 aromatic rings. The van der Waals surface area contributed by atoms with Gasteiger partial charge in [0.2, 0.25) is 5.91 Å². The molecule has 0 aliphatic heterocycles. The van der Waals surface area contributed by atoms with Gasteiger partial charge in [0, 0.05) is 12.1 Å². The summed E-state index contributed by atoms with van der Waals surface area (Å²) in [5.74, 6) is -1.88. The smallest absolute Gasteiger partial charge is 0.335 e. The molecule has 0 heterocycles. The van der Waals surface area contributed by atoms with Crippen molar-refractivity contribution in [3.05, 3.63) is 35.4 Å². The lowest BCUT2D eigenvalue weighted by Crippen LogP contribution is -2.44. The van der Waals surface area contributed by atoms with Crippen molar-refractivity contribution in [2.24, 2.45) is 11.1 Å². The van der Waals surface area contributed by atoms with Crippen LogP contribution in [0.5, 0.6) is 0 Å². The minimum Gasteiger partial charge on any atom is -0.478 e. The molecule has 0 saturated heterocycles. The van der Waals surface area contributed by atoms with Gasteiger partial charge < -0.3 is 16.2 Å². The maximum atomic E-state index is 12.1. The number of primary amides is 1. The Hall–Kier alpha value is -2.37. The standard InChI is InChI=1S/C15H18N2O4/c16-14(21)15(6-1-2-7-15)9-17-12(18)10-4-3-5-11(8-10)13(19)20/h3-5,8H,1-2,6-7,9H2,(H2,16,21)(H,17,18)(H,19,20). The molecule has 1 aliphatic rings. The number of nitrogens with one attached hydrogen (secondary N) is 1. The van der Waals surface area contributed by atoms with E-state index in [1.54, 1.807) is 0 Å². The number of benzene rings is 1. The molecular weight excluding hydrogens is 272 g/mol. The van der Waals surface area contributed by atoms with Crippen LogP contribution in [0.4, 0.5) is 0 Å². The van der Waals surface area contributed by atoms with Gasteiger partial charge in [-0.3, -0.25) is 9.59 Å². The molecule has 21 heavy (non-hydrogen) atoms. The molecule has 0 unspecified atom stereocenters. The van der Waals surface area contributed by atoms with Crippen molar-refractivity contribution in [2.75, 3.05) is 6.54 Å². The summed E-state index contributed by atoms with van der Waals surface area (Å²) < 4.78 is 0. The summed E-state index contributed by atoms with van der Waals surface area (Å²) in [6.07, 6.45) is 3.20. The number of carboxylic acids is 1. The average molecular weight is 290 g/mol. The van der Waals surface area contributed by atoms with Crippen LogP contribution in [0.1, 0.15) is 46.4 Å². The van der Waals surface area contributed by atoms with Gasteiger partial charge in [-0.15, -0.1) is 0 Å². The van der Waals surface area contributed by atoms with Crippen LogP contribution in [-0.2, 0) is 4.79 Å². The van der Waals surface area contributed by atoms with Crippen molar-refractivity contribution in [1.29, 1.82) is 0 Å². The Morgan fingerprint density at radius 3 is 2.38 bits per heavy atom. The molecule has 1 saturated carbocycles. The SMILES string of the molecule is NC(=O)C1(CNC(=O)c2cccc(C(=O)O)c2)CCCC1. The number of carbonyl (C=O) groups is 3. The van der Waals surface area contributed by atoms with E-state index in [4.69, 9.17) is 10.8 Å². The van der Waals surface area contributed by atoms with E-state index in [1.807, 2.05) is 0 Å². The van der Waals surface area contributed by atoms with Gasteiger partial charge in [0.1, 0.15) is 0 Å². The predicted molar refractivity (Wildman–Crippen MR) is 75.8 cm³/mol. The number of amides is 2. The van der Waals surface area contributed by atoms with Crippen LogP contribution < -0.4 is 11.1 Å². The Balaban J connectivity index is 2.06. The minimum atomic E-state index is -1.09. The Labute approximate surface area is 122 Å². The third-order valence-corrected chi connectivity index (χ3v) is 4.04. The minimum absolute atomic E-state index is 0.0492. The lowest BCUT2D eigenvalue weighted by atomic mass is 9.85. The van der Waals surface area contributed by atoms with Gasteiger partial charge in [-0.2, -0.15) is 0 Å². The molecule has 0 bridgehead atoms. The van der Waals surface area contributed by atoms with Crippen LogP contribution in [0, 0.1) is 5.41 Å². The van der Waals surface area contributed by atoms with Crippen molar-refractivity contribution < 1.29 is 19.5 Å². The van der Waals surface area contributed by atoms with Gasteiger partial charge in [0.25, 0.3) is 5.91 Å². The molecule has 0 atom stereocenters. The highest BCUT2D eigenvalue weighted by Gasteiger charge is 2.39. The summed E-state index contributed by atoms with van der Waals surface area (Å²) in [5, 5.41) is 11.6. The zero-order valence-electron chi connectivity index (χ0n) is 11.6. The fraction of sp³-hybridized carbons (Fsp3) is 0.400. The largest absolute Gasteiger partial charge is 0.478 e. The normalized spacial score (nSPS) is 16.4. The predicted octanol–water partition coefficient (Wildman–Crippen LogP) is 1.16. The van der Waals surface area contributed by atoms with E-state index in [1.165, 1.54) is 24.3 Å². The number of nitrogens with two attached hydrogens (primary N) is 1. The molecule has 1 aliphatic carbocycles. The number of carbonyl (C=O) groups excluding carboxylic acids is 2. The van der Waals surface area contributed by atoms with Crippen LogP contribution in [-0.4, -0.2) is 29.4 Å². The van der Waals surface area contributed by atoms with Gasteiger partial charge in [-0.25, -0.2) is 4.79 Å². The molecule has 1 aromatic carbocycles. The summed E-state index contributed by atoms with van der Waals surface area (Å²) in [4.78, 5) is 34.6. The third kappa shape index (κ3) is 3.21. The molecule has 1 fully saturated rings. The lowest BCUT2D eigenvalue weighted by molar-refractivity contribution is -0.127. The van der Waals surface area contributed by atoms with Gasteiger partial charge >= 0.3 is 5.97 Å². The maximum absolute atomic E-state index is 12.1. The van der Waals surface area contributed by atoms with Crippen molar-refractivity contribution in [3.8, 4) is 0 Å². The van der Waals surface area contributed by atoms with Crippen LogP contribution in [0.2, 0.25) is 0 Å². The Morgan fingerprint density at radius 2 is 1.81 bits per heavy atom. The zero-order valence-corrected chi connectivity index (χ0v) is 11.6. The van der Waals surface area contributed by atoms with Gasteiger partial charge in [0.15, 0.2) is 0 Å². The quantitative estimate of drug-likeness (QED) is 0.755. The van der Waals surface area contributed by atoms with E-state index >= 15 is 0 Å². The molecule has 4 N–H and O–H groups in total. The maximum Gasteiger partial charge on any atom is 0.335 e. The summed E-state index contributed by atoms with van der Waals surface area (Å²) in [6, 6.07) is 5.77. The Bertz CT molecular complexity index is 577. The van der Waals surface area contributed by atoms with E-state index in [-0.39, 0.29) is 23.6 Å². The molecule has 0 aromatic heterocycles. The second-order valence-corrected chi connectivity index (χ2v) is 5.42. The highest BCUT2D eigenvalue weighted by Crippen LogP contribution is 2.37. The molecule has 2 amide bonds. The van der Waals surface area contributed by atoms with E-state index in [9.17, 15) is 14.4 Å². The van der Waals surface area contributed by atoms with Crippen LogP contribution >= 0.6 is 0 Å². The van der Waals surface area contributed by atoms with Crippen molar-refractivity contribution in [3.63, 3.8) is 0 Å². The van der Waals surface area contributed by atoms with Crippen LogP contribution in [0.15, 0.2) is 24.3 Å². The average Bonchev–Trinajstić information content (AvgIpc) is 2.95. The van der Waals surface area contributed by atoms with Crippen LogP contribution in [0.25, 0.3) is 0 Å². The monoisotopic (exact) mass is 290 g/mol. The lowest BCUT2D eigenvalue weighted by Gasteiger charge is -2.25. The first kappa shape index (κ1) is 15.0. The first-order valence-electron chi connectivity index (χ1n) is 6.86. The third-order valence-electron chi connectivity index (χ3n) is 4.04. The molecule has 0 radical (unpaired) electrons. The summed E-state index contributed by atoms with van der Waals surface area (Å²) in [7, 11) is 0. The van der Waals surface area contributed by atoms with Crippen molar-refractivity contribution in [1.82, 2.24) is 5.32 Å². The van der Waals surface area contributed by atoms with Gasteiger partial charge in [-0.05, 0) is 31.0 Å². The van der Waals surface area contributed by atoms with E-state index in [2.05, 4.69) is 5.32 Å². The van der Waals surface area contributed by atoms with Gasteiger partial charge in [0.05, 0.1) is 11.0 Å². The number of aromatic carboxylic acids is 1. The fourth-order valence-electron chi connectivity index (χ4n) is 2.71. The van der Waals surface area contributed by atoms with E-state index in [0.29, 0.717) is 12.8 Å². The first-order valence-corrected chi connectivity index (χ1v) is 6.86. The van der Waals surface area contributed by atoms with Crippen molar-refractivity contribution >= 4 is 17.8 Å². The molecule has 2 rings (SSSR count). The van der Waals surface area contributed by atoms with E-state index in [0.717, 1.165) is 12.8 Å². The molecule has 112 valence electrons. The summed E-state index contributed by atoms with van der Waals surface area (Å²) >= 11 is 0. The van der Waals surface area contributed by atoms with E-state index < -0.39 is 17.3 Å². The fourth-order valence-corrected chi connectivity index (χ4v) is 2.71. The topological polar surface area (TPSA) is 109 Å². The highest BCUT2D eigenvalue weighted by atomic mass is 16.4. The Kier molecular flexibility index (Phi) is 4.26. The number of hydrogen-bond acceptors (Lipinski definition) is 3. The molecule has 0 spiro atoms. The second kappa shape index (κ2) is 5.95. The molecule has 6 nitrogen and oxygen atoms in total. The first-order chi connectivity index (χ1) is 9.94.